The van der Waals surface area contributed by atoms with Crippen LogP contribution in [-0.4, -0.2) is 52.4 Å². The van der Waals surface area contributed by atoms with Crippen molar-refractivity contribution in [2.24, 2.45) is 0 Å². The molecule has 0 saturated carbocycles. The number of benzene rings is 2. The molecule has 0 bridgehead atoms. The number of amides is 3. The van der Waals surface area contributed by atoms with Crippen molar-refractivity contribution >= 4 is 34.9 Å². The van der Waals surface area contributed by atoms with Crippen LogP contribution in [0.5, 0.6) is 17.2 Å². The number of nitrogens with zero attached hydrogens (tertiary/aromatic N) is 1. The smallest absolute Gasteiger partial charge is 0.293 e. The number of aromatic hydroxyl groups is 2. The van der Waals surface area contributed by atoms with Gasteiger partial charge in [-0.3, -0.25) is 19.3 Å². The Morgan fingerprint density at radius 1 is 1.13 bits per heavy atom. The van der Waals surface area contributed by atoms with Crippen molar-refractivity contribution in [1.82, 2.24) is 10.2 Å². The molecular formula is C22H22N2O6S. The van der Waals surface area contributed by atoms with Crippen molar-refractivity contribution < 1.29 is 29.3 Å². The van der Waals surface area contributed by atoms with Crippen LogP contribution in [0.1, 0.15) is 17.5 Å². The van der Waals surface area contributed by atoms with Gasteiger partial charge in [0.25, 0.3) is 11.1 Å². The molecule has 162 valence electrons. The summed E-state index contributed by atoms with van der Waals surface area (Å²) in [7, 11) is 1.56. The second-order valence-electron chi connectivity index (χ2n) is 6.78. The predicted molar refractivity (Wildman–Crippen MR) is 117 cm³/mol. The van der Waals surface area contributed by atoms with Crippen molar-refractivity contribution in [3.63, 3.8) is 0 Å². The van der Waals surface area contributed by atoms with Crippen molar-refractivity contribution in [2.75, 3.05) is 20.2 Å². The molecule has 3 rings (SSSR count). The lowest BCUT2D eigenvalue weighted by molar-refractivity contribution is -0.124. The van der Waals surface area contributed by atoms with E-state index in [9.17, 15) is 24.6 Å². The van der Waals surface area contributed by atoms with E-state index in [-0.39, 0.29) is 30.4 Å². The summed E-state index contributed by atoms with van der Waals surface area (Å²) >= 11 is 0.847. The molecule has 1 aliphatic rings. The van der Waals surface area contributed by atoms with Crippen LogP contribution in [-0.2, 0) is 16.0 Å². The summed E-state index contributed by atoms with van der Waals surface area (Å²) < 4.78 is 5.10. The molecule has 9 heteroatoms. The molecule has 0 spiro atoms. The topological polar surface area (TPSA) is 116 Å². The van der Waals surface area contributed by atoms with Crippen molar-refractivity contribution in [1.29, 1.82) is 0 Å². The van der Waals surface area contributed by atoms with Crippen LogP contribution in [0.15, 0.2) is 47.4 Å². The first-order valence-corrected chi connectivity index (χ1v) is 10.4. The van der Waals surface area contributed by atoms with Gasteiger partial charge >= 0.3 is 0 Å². The molecule has 3 amide bonds. The fourth-order valence-electron chi connectivity index (χ4n) is 2.92. The minimum atomic E-state index is -0.418. The highest BCUT2D eigenvalue weighted by atomic mass is 32.2. The van der Waals surface area contributed by atoms with Crippen LogP contribution >= 0.6 is 11.8 Å². The summed E-state index contributed by atoms with van der Waals surface area (Å²) in [6.07, 6.45) is 2.10. The second kappa shape index (κ2) is 10.0. The number of methoxy groups -OCH3 is 1. The maximum Gasteiger partial charge on any atom is 0.293 e. The van der Waals surface area contributed by atoms with Crippen LogP contribution in [0.2, 0.25) is 0 Å². The van der Waals surface area contributed by atoms with Crippen LogP contribution in [0.3, 0.4) is 0 Å². The molecule has 0 aromatic heterocycles. The number of phenolic OH excluding ortho intramolecular Hbond substituents is 2. The molecule has 0 radical (unpaired) electrons. The van der Waals surface area contributed by atoms with E-state index in [2.05, 4.69) is 5.32 Å². The number of ether oxygens (including phenoxy) is 1. The molecule has 1 heterocycles. The quantitative estimate of drug-likeness (QED) is 0.425. The largest absolute Gasteiger partial charge is 0.504 e. The maximum atomic E-state index is 12.5. The third-order valence-electron chi connectivity index (χ3n) is 4.63. The number of nitrogens with one attached hydrogen (secondary N) is 1. The highest BCUT2D eigenvalue weighted by Gasteiger charge is 2.34. The van der Waals surface area contributed by atoms with Crippen LogP contribution in [0.25, 0.3) is 6.08 Å². The van der Waals surface area contributed by atoms with Crippen LogP contribution in [0.4, 0.5) is 4.79 Å². The number of thioether (sulfide) groups is 1. The molecule has 0 unspecified atom stereocenters. The van der Waals surface area contributed by atoms with E-state index in [1.54, 1.807) is 43.5 Å². The Hall–Kier alpha value is -3.46. The number of rotatable bonds is 8. The van der Waals surface area contributed by atoms with Gasteiger partial charge in [0.1, 0.15) is 5.75 Å². The zero-order valence-electron chi connectivity index (χ0n) is 16.8. The fourth-order valence-corrected chi connectivity index (χ4v) is 3.78. The van der Waals surface area contributed by atoms with E-state index in [4.69, 9.17) is 4.74 Å². The summed E-state index contributed by atoms with van der Waals surface area (Å²) in [5, 5.41) is 21.1. The molecular weight excluding hydrogens is 420 g/mol. The van der Waals surface area contributed by atoms with E-state index >= 15 is 0 Å². The first-order chi connectivity index (χ1) is 14.9. The van der Waals surface area contributed by atoms with Crippen molar-refractivity contribution in [3.05, 3.63) is 58.5 Å². The minimum absolute atomic E-state index is 0.00352. The van der Waals surface area contributed by atoms with Gasteiger partial charge in [-0.1, -0.05) is 18.2 Å². The van der Waals surface area contributed by atoms with Crippen LogP contribution in [0, 0.1) is 0 Å². The molecule has 0 atom stereocenters. The monoisotopic (exact) mass is 442 g/mol. The first kappa shape index (κ1) is 22.2. The first-order valence-electron chi connectivity index (χ1n) is 9.54. The van der Waals surface area contributed by atoms with Crippen molar-refractivity contribution in [2.45, 2.75) is 12.8 Å². The summed E-state index contributed by atoms with van der Waals surface area (Å²) in [6.45, 7) is 0.318. The van der Waals surface area contributed by atoms with Gasteiger partial charge in [-0.25, -0.2) is 0 Å². The standard InChI is InChI=1S/C22H22N2O6S/c1-30-16-5-2-14(3-6-16)13-19-21(28)24(22(29)31-19)11-9-20(27)23-10-8-15-4-7-17(25)18(26)12-15/h2-7,12-13,25-26H,8-11H2,1H3,(H,23,27). The minimum Gasteiger partial charge on any atom is -0.504 e. The maximum absolute atomic E-state index is 12.5. The zero-order valence-corrected chi connectivity index (χ0v) is 17.6. The van der Waals surface area contributed by atoms with Gasteiger partial charge in [-0.05, 0) is 59.7 Å². The Balaban J connectivity index is 1.48. The lowest BCUT2D eigenvalue weighted by Gasteiger charge is -2.12. The van der Waals surface area contributed by atoms with Gasteiger partial charge in [0.2, 0.25) is 5.91 Å². The average Bonchev–Trinajstić information content (AvgIpc) is 3.02. The van der Waals surface area contributed by atoms with E-state index < -0.39 is 11.1 Å². The van der Waals surface area contributed by atoms with Crippen molar-refractivity contribution in [3.8, 4) is 17.2 Å². The van der Waals surface area contributed by atoms with E-state index in [1.165, 1.54) is 12.1 Å². The number of phenols is 2. The third-order valence-corrected chi connectivity index (χ3v) is 5.53. The number of carbonyl (C=O) groups is 3. The predicted octanol–water partition coefficient (Wildman–Crippen LogP) is 2.89. The number of imide groups is 1. The van der Waals surface area contributed by atoms with Gasteiger partial charge in [0.15, 0.2) is 11.5 Å². The second-order valence-corrected chi connectivity index (χ2v) is 7.77. The summed E-state index contributed by atoms with van der Waals surface area (Å²) in [5.41, 5.74) is 1.52. The molecule has 8 nitrogen and oxygen atoms in total. The van der Waals surface area contributed by atoms with E-state index in [0.717, 1.165) is 27.8 Å². The van der Waals surface area contributed by atoms with Gasteiger partial charge in [0, 0.05) is 19.5 Å². The van der Waals surface area contributed by atoms with E-state index in [1.807, 2.05) is 0 Å². The number of carbonyl (C=O) groups excluding carboxylic acids is 3. The van der Waals surface area contributed by atoms with E-state index in [0.29, 0.717) is 23.6 Å². The van der Waals surface area contributed by atoms with Gasteiger partial charge in [-0.15, -0.1) is 0 Å². The average molecular weight is 442 g/mol. The Kier molecular flexibility index (Phi) is 7.19. The molecule has 31 heavy (non-hydrogen) atoms. The molecule has 1 aliphatic heterocycles. The lowest BCUT2D eigenvalue weighted by atomic mass is 10.1. The Labute approximate surface area is 183 Å². The molecule has 0 aliphatic carbocycles. The highest BCUT2D eigenvalue weighted by Crippen LogP contribution is 2.32. The molecule has 3 N–H and O–H groups in total. The summed E-state index contributed by atoms with van der Waals surface area (Å²) in [6, 6.07) is 11.6. The molecule has 2 aromatic carbocycles. The third kappa shape index (κ3) is 5.79. The normalized spacial score (nSPS) is 14.9. The Bertz CT molecular complexity index is 1020. The Morgan fingerprint density at radius 3 is 2.55 bits per heavy atom. The zero-order chi connectivity index (χ0) is 22.4. The molecule has 1 fully saturated rings. The molecule has 2 aromatic rings. The molecule has 1 saturated heterocycles. The Morgan fingerprint density at radius 2 is 1.87 bits per heavy atom. The van der Waals surface area contributed by atoms with Gasteiger partial charge in [0.05, 0.1) is 12.0 Å². The summed E-state index contributed by atoms with van der Waals surface area (Å²) in [5.74, 6) is -0.435. The van der Waals surface area contributed by atoms with Gasteiger partial charge < -0.3 is 20.3 Å². The highest BCUT2D eigenvalue weighted by molar-refractivity contribution is 8.18. The fraction of sp³-hybridized carbons (Fsp3) is 0.227. The summed E-state index contributed by atoms with van der Waals surface area (Å²) in [4.78, 5) is 38.2. The van der Waals surface area contributed by atoms with Gasteiger partial charge in [-0.2, -0.15) is 0 Å². The lowest BCUT2D eigenvalue weighted by Crippen LogP contribution is -2.34. The number of hydrogen-bond donors (Lipinski definition) is 3. The van der Waals surface area contributed by atoms with Crippen LogP contribution < -0.4 is 10.1 Å². The SMILES string of the molecule is COc1ccc(C=C2SC(=O)N(CCC(=O)NCCc3ccc(O)c(O)c3)C2=O)cc1. The number of hydrogen-bond acceptors (Lipinski definition) is 7.